The number of nitrogens with two attached hydrogens (primary N) is 1. The van der Waals surface area contributed by atoms with Gasteiger partial charge >= 0.3 is 0 Å². The van der Waals surface area contributed by atoms with Crippen LogP contribution in [0.5, 0.6) is 0 Å². The predicted molar refractivity (Wildman–Crippen MR) is 57.3 cm³/mol. The van der Waals surface area contributed by atoms with Crippen LogP contribution in [0.1, 0.15) is 39.5 Å². The molecule has 0 saturated carbocycles. The molecule has 3 heteroatoms. The van der Waals surface area contributed by atoms with Gasteiger partial charge in [0.15, 0.2) is 0 Å². The molecule has 1 heterocycles. The van der Waals surface area contributed by atoms with Gasteiger partial charge in [-0.05, 0) is 13.3 Å². The zero-order valence-electron chi connectivity index (χ0n) is 9.42. The minimum absolute atomic E-state index is 0.104. The van der Waals surface area contributed by atoms with E-state index in [9.17, 15) is 0 Å². The van der Waals surface area contributed by atoms with Crippen molar-refractivity contribution >= 4 is 0 Å². The van der Waals surface area contributed by atoms with E-state index >= 15 is 0 Å². The van der Waals surface area contributed by atoms with Crippen LogP contribution in [0.2, 0.25) is 0 Å². The lowest BCUT2D eigenvalue weighted by atomic mass is 9.88. The second-order valence-corrected chi connectivity index (χ2v) is 4.06. The van der Waals surface area contributed by atoms with Crippen LogP contribution in [0.15, 0.2) is 0 Å². The smallest absolute Gasteiger partial charge is 0.0850 e. The van der Waals surface area contributed by atoms with E-state index in [0.717, 1.165) is 38.9 Å². The van der Waals surface area contributed by atoms with Crippen molar-refractivity contribution < 1.29 is 9.47 Å². The molecular formula is C11H23NO2. The molecule has 2 N–H and O–H groups in total. The van der Waals surface area contributed by atoms with Crippen LogP contribution in [0, 0.1) is 0 Å². The molecule has 0 aromatic heterocycles. The van der Waals surface area contributed by atoms with Crippen molar-refractivity contribution in [1.82, 2.24) is 0 Å². The summed E-state index contributed by atoms with van der Waals surface area (Å²) in [6.07, 6.45) is 4.54. The first-order valence-corrected chi connectivity index (χ1v) is 5.72. The molecule has 1 rings (SSSR count). The molecule has 2 atom stereocenters. The molecule has 1 fully saturated rings. The Balaban J connectivity index is 2.49. The first-order chi connectivity index (χ1) is 6.76. The van der Waals surface area contributed by atoms with Crippen molar-refractivity contribution in [3.8, 4) is 0 Å². The molecule has 0 bridgehead atoms. The van der Waals surface area contributed by atoms with Crippen molar-refractivity contribution in [3.05, 3.63) is 0 Å². The fourth-order valence-electron chi connectivity index (χ4n) is 2.18. The largest absolute Gasteiger partial charge is 0.378 e. The van der Waals surface area contributed by atoms with Crippen molar-refractivity contribution in [2.24, 2.45) is 5.73 Å². The number of hydrogen-bond donors (Lipinski definition) is 1. The third-order valence-electron chi connectivity index (χ3n) is 2.94. The van der Waals surface area contributed by atoms with Crippen molar-refractivity contribution in [1.29, 1.82) is 0 Å². The minimum Gasteiger partial charge on any atom is -0.378 e. The molecule has 0 radical (unpaired) electrons. The number of ether oxygens (including phenoxy) is 2. The highest BCUT2D eigenvalue weighted by molar-refractivity contribution is 4.88. The fourth-order valence-corrected chi connectivity index (χ4v) is 2.18. The molecule has 14 heavy (non-hydrogen) atoms. The highest BCUT2D eigenvalue weighted by Gasteiger charge is 2.36. The number of rotatable bonds is 5. The van der Waals surface area contributed by atoms with Crippen molar-refractivity contribution in [3.63, 3.8) is 0 Å². The van der Waals surface area contributed by atoms with Crippen molar-refractivity contribution in [2.75, 3.05) is 19.8 Å². The van der Waals surface area contributed by atoms with E-state index in [1.165, 1.54) is 0 Å². The van der Waals surface area contributed by atoms with E-state index in [-0.39, 0.29) is 5.60 Å². The maximum absolute atomic E-state index is 5.80. The van der Waals surface area contributed by atoms with Gasteiger partial charge in [-0.15, -0.1) is 0 Å². The third kappa shape index (κ3) is 2.94. The second-order valence-electron chi connectivity index (χ2n) is 4.06. The molecule has 0 aromatic rings. The minimum atomic E-state index is -0.104. The van der Waals surface area contributed by atoms with Gasteiger partial charge in [0, 0.05) is 32.6 Å². The Labute approximate surface area is 86.9 Å². The highest BCUT2D eigenvalue weighted by Crippen LogP contribution is 2.29. The molecule has 0 aromatic carbocycles. The monoisotopic (exact) mass is 201 g/mol. The van der Waals surface area contributed by atoms with Gasteiger partial charge < -0.3 is 15.2 Å². The molecule has 0 aliphatic carbocycles. The van der Waals surface area contributed by atoms with E-state index in [0.29, 0.717) is 12.6 Å². The molecule has 2 unspecified atom stereocenters. The Kier molecular flexibility index (Phi) is 4.85. The zero-order valence-corrected chi connectivity index (χ0v) is 9.42. The van der Waals surface area contributed by atoms with Gasteiger partial charge in [-0.3, -0.25) is 0 Å². The molecular weight excluding hydrogens is 178 g/mol. The maximum Gasteiger partial charge on any atom is 0.0850 e. The molecule has 84 valence electrons. The van der Waals surface area contributed by atoms with E-state index in [2.05, 4.69) is 6.92 Å². The lowest BCUT2D eigenvalue weighted by molar-refractivity contribution is -0.132. The number of hydrogen-bond acceptors (Lipinski definition) is 3. The van der Waals surface area contributed by atoms with Crippen molar-refractivity contribution in [2.45, 2.75) is 51.2 Å². The van der Waals surface area contributed by atoms with E-state index in [1.807, 2.05) is 6.92 Å². The Morgan fingerprint density at radius 2 is 2.29 bits per heavy atom. The summed E-state index contributed by atoms with van der Waals surface area (Å²) in [5.74, 6) is 0. The van der Waals surface area contributed by atoms with Gasteiger partial charge in [0.05, 0.1) is 11.7 Å². The van der Waals surface area contributed by atoms with E-state index < -0.39 is 0 Å². The van der Waals surface area contributed by atoms with Crippen LogP contribution in [0.3, 0.4) is 0 Å². The standard InChI is InChI=1S/C11H23NO2/c1-3-5-10-8-11(9-12,14-4-2)6-7-13-10/h10H,3-9,12H2,1-2H3. The quantitative estimate of drug-likeness (QED) is 0.736. The summed E-state index contributed by atoms with van der Waals surface area (Å²) in [4.78, 5) is 0. The summed E-state index contributed by atoms with van der Waals surface area (Å²) < 4.78 is 11.5. The van der Waals surface area contributed by atoms with Gasteiger partial charge in [-0.2, -0.15) is 0 Å². The second kappa shape index (κ2) is 5.69. The topological polar surface area (TPSA) is 44.5 Å². The summed E-state index contributed by atoms with van der Waals surface area (Å²) in [6, 6.07) is 0. The maximum atomic E-state index is 5.80. The Bertz CT molecular complexity index is 157. The normalized spacial score (nSPS) is 33.2. The van der Waals surface area contributed by atoms with Gasteiger partial charge in [-0.1, -0.05) is 13.3 Å². The SMILES string of the molecule is CCCC1CC(CN)(OCC)CCO1. The molecule has 1 saturated heterocycles. The van der Waals surface area contributed by atoms with Gasteiger partial charge in [0.25, 0.3) is 0 Å². The van der Waals surface area contributed by atoms with Gasteiger partial charge in [0.2, 0.25) is 0 Å². The lowest BCUT2D eigenvalue weighted by Gasteiger charge is -2.39. The first kappa shape index (κ1) is 12.0. The summed E-state index contributed by atoms with van der Waals surface area (Å²) in [6.45, 7) is 6.37. The van der Waals surface area contributed by atoms with Gasteiger partial charge in [0.1, 0.15) is 0 Å². The average Bonchev–Trinajstić information content (AvgIpc) is 2.19. The van der Waals surface area contributed by atoms with Crippen LogP contribution in [-0.2, 0) is 9.47 Å². The van der Waals surface area contributed by atoms with Crippen LogP contribution in [-0.4, -0.2) is 31.5 Å². The molecule has 0 spiro atoms. The van der Waals surface area contributed by atoms with E-state index in [1.54, 1.807) is 0 Å². The Hall–Kier alpha value is -0.120. The van der Waals surface area contributed by atoms with Crippen LogP contribution in [0.4, 0.5) is 0 Å². The Morgan fingerprint density at radius 1 is 1.50 bits per heavy atom. The summed E-state index contributed by atoms with van der Waals surface area (Å²) in [5.41, 5.74) is 5.70. The highest BCUT2D eigenvalue weighted by atomic mass is 16.5. The molecule has 1 aliphatic heterocycles. The first-order valence-electron chi connectivity index (χ1n) is 5.72. The van der Waals surface area contributed by atoms with Crippen LogP contribution < -0.4 is 5.73 Å². The fraction of sp³-hybridized carbons (Fsp3) is 1.00. The van der Waals surface area contributed by atoms with Gasteiger partial charge in [-0.25, -0.2) is 0 Å². The summed E-state index contributed by atoms with van der Waals surface area (Å²) in [5, 5.41) is 0. The lowest BCUT2D eigenvalue weighted by Crippen LogP contribution is -2.48. The van der Waals surface area contributed by atoms with Crippen LogP contribution >= 0.6 is 0 Å². The summed E-state index contributed by atoms with van der Waals surface area (Å²) in [7, 11) is 0. The predicted octanol–water partition coefficient (Wildman–Crippen LogP) is 1.70. The molecule has 0 amide bonds. The summed E-state index contributed by atoms with van der Waals surface area (Å²) >= 11 is 0. The average molecular weight is 201 g/mol. The molecule has 1 aliphatic rings. The van der Waals surface area contributed by atoms with Crippen LogP contribution in [0.25, 0.3) is 0 Å². The zero-order chi connectivity index (χ0) is 10.4. The Morgan fingerprint density at radius 3 is 2.86 bits per heavy atom. The van der Waals surface area contributed by atoms with E-state index in [4.69, 9.17) is 15.2 Å². The third-order valence-corrected chi connectivity index (χ3v) is 2.94. The molecule has 3 nitrogen and oxygen atoms in total.